The van der Waals surface area contributed by atoms with Crippen LogP contribution in [-0.2, 0) is 11.2 Å². The number of carbonyl (C=O) groups excluding carboxylic acids is 1. The van der Waals surface area contributed by atoms with Gasteiger partial charge in [-0.05, 0) is 25.1 Å². The highest BCUT2D eigenvalue weighted by atomic mass is 16.5. The predicted octanol–water partition coefficient (Wildman–Crippen LogP) is 3.88. The van der Waals surface area contributed by atoms with E-state index in [0.717, 1.165) is 11.0 Å². The number of benzene rings is 2. The Kier molecular flexibility index (Phi) is 5.54. The molecule has 1 aromatic heterocycles. The van der Waals surface area contributed by atoms with Crippen LogP contribution >= 0.6 is 0 Å². The van der Waals surface area contributed by atoms with Gasteiger partial charge >= 0.3 is 0 Å². The largest absolute Gasteiger partial charge is 0.493 e. The summed E-state index contributed by atoms with van der Waals surface area (Å²) >= 11 is 0. The van der Waals surface area contributed by atoms with Gasteiger partial charge < -0.3 is 23.9 Å². The molecule has 0 aliphatic carbocycles. The second-order valence-corrected chi connectivity index (χ2v) is 6.15. The highest BCUT2D eigenvalue weighted by Crippen LogP contribution is 2.39. The smallest absolute Gasteiger partial charge is 0.225 e. The number of hydrogen-bond acceptors (Lipinski definition) is 5. The summed E-state index contributed by atoms with van der Waals surface area (Å²) in [6, 6.07) is 13.0. The van der Waals surface area contributed by atoms with Crippen molar-refractivity contribution in [3.63, 3.8) is 0 Å². The molecule has 0 unspecified atom stereocenters. The molecule has 3 aromatic rings. The van der Waals surface area contributed by atoms with Crippen molar-refractivity contribution in [2.45, 2.75) is 19.4 Å². The fourth-order valence-electron chi connectivity index (χ4n) is 3.05. The molecule has 142 valence electrons. The topological polar surface area (TPSA) is 69.9 Å². The number of hydrogen-bond donors (Lipinski definition) is 1. The minimum atomic E-state index is -0.254. The first kappa shape index (κ1) is 18.6. The van der Waals surface area contributed by atoms with Gasteiger partial charge in [0.2, 0.25) is 11.7 Å². The van der Waals surface area contributed by atoms with Crippen LogP contribution in [0.3, 0.4) is 0 Å². The van der Waals surface area contributed by atoms with E-state index >= 15 is 0 Å². The molecule has 3 rings (SSSR count). The molecule has 0 aliphatic rings. The van der Waals surface area contributed by atoms with Crippen molar-refractivity contribution in [2.75, 3.05) is 21.3 Å². The third-order valence-electron chi connectivity index (χ3n) is 4.39. The lowest BCUT2D eigenvalue weighted by Gasteiger charge is -2.16. The van der Waals surface area contributed by atoms with Crippen LogP contribution in [0.4, 0.5) is 0 Å². The van der Waals surface area contributed by atoms with E-state index in [1.165, 1.54) is 14.2 Å². The summed E-state index contributed by atoms with van der Waals surface area (Å²) in [6.45, 7) is 1.89. The fourth-order valence-corrected chi connectivity index (χ4v) is 3.05. The highest BCUT2D eigenvalue weighted by Gasteiger charge is 2.20. The number of rotatable bonds is 7. The third kappa shape index (κ3) is 3.84. The highest BCUT2D eigenvalue weighted by molar-refractivity contribution is 5.81. The number of fused-ring (bicyclic) bond motifs is 1. The molecule has 0 fully saturated rings. The van der Waals surface area contributed by atoms with Crippen molar-refractivity contribution in [3.05, 3.63) is 53.8 Å². The Bertz CT molecular complexity index is 914. The van der Waals surface area contributed by atoms with Crippen molar-refractivity contribution < 1.29 is 23.4 Å². The maximum Gasteiger partial charge on any atom is 0.225 e. The standard InChI is InChI=1S/C21H23NO5/c1-13(18-11-14-7-5-6-8-16(14)27-18)22-19(23)12-15-9-10-17(24-2)21(26-4)20(15)25-3/h5-11,13H,12H2,1-4H3,(H,22,23)/t13-/m0/s1. The Balaban J connectivity index is 1.75. The van der Waals surface area contributed by atoms with Gasteiger partial charge in [-0.2, -0.15) is 0 Å². The number of furan rings is 1. The van der Waals surface area contributed by atoms with Crippen molar-refractivity contribution in [1.82, 2.24) is 5.32 Å². The van der Waals surface area contributed by atoms with Crippen LogP contribution in [0, 0.1) is 0 Å². The molecule has 2 aromatic carbocycles. The molecule has 0 aliphatic heterocycles. The first-order chi connectivity index (χ1) is 13.1. The van der Waals surface area contributed by atoms with Gasteiger partial charge in [0.1, 0.15) is 11.3 Å². The third-order valence-corrected chi connectivity index (χ3v) is 4.39. The molecule has 6 heteroatoms. The lowest BCUT2D eigenvalue weighted by molar-refractivity contribution is -0.121. The Hall–Kier alpha value is -3.15. The molecule has 6 nitrogen and oxygen atoms in total. The van der Waals surface area contributed by atoms with E-state index in [1.807, 2.05) is 37.3 Å². The van der Waals surface area contributed by atoms with E-state index in [-0.39, 0.29) is 18.4 Å². The number of para-hydroxylation sites is 1. The molecule has 1 heterocycles. The number of methoxy groups -OCH3 is 3. The minimum absolute atomic E-state index is 0.145. The van der Waals surface area contributed by atoms with E-state index in [2.05, 4.69) is 5.32 Å². The summed E-state index contributed by atoms with van der Waals surface area (Å²) in [5, 5.41) is 3.97. The Morgan fingerprint density at radius 1 is 1.04 bits per heavy atom. The van der Waals surface area contributed by atoms with Crippen LogP contribution < -0.4 is 19.5 Å². The van der Waals surface area contributed by atoms with E-state index in [1.54, 1.807) is 19.2 Å². The molecule has 0 saturated heterocycles. The summed E-state index contributed by atoms with van der Waals surface area (Å²) in [5.41, 5.74) is 1.51. The Labute approximate surface area is 158 Å². The lowest BCUT2D eigenvalue weighted by atomic mass is 10.1. The average Bonchev–Trinajstić information content (AvgIpc) is 3.11. The molecular weight excluding hydrogens is 346 g/mol. The normalized spacial score (nSPS) is 11.9. The van der Waals surface area contributed by atoms with Crippen LogP contribution in [0.5, 0.6) is 17.2 Å². The van der Waals surface area contributed by atoms with Gasteiger partial charge in [0.15, 0.2) is 11.5 Å². The van der Waals surface area contributed by atoms with Gasteiger partial charge in [0, 0.05) is 10.9 Å². The Morgan fingerprint density at radius 2 is 1.78 bits per heavy atom. The zero-order chi connectivity index (χ0) is 19.4. The second kappa shape index (κ2) is 8.03. The molecule has 1 amide bonds. The van der Waals surface area contributed by atoms with E-state index in [4.69, 9.17) is 18.6 Å². The Morgan fingerprint density at radius 3 is 2.44 bits per heavy atom. The monoisotopic (exact) mass is 369 g/mol. The zero-order valence-electron chi connectivity index (χ0n) is 15.9. The van der Waals surface area contributed by atoms with Gasteiger partial charge in [-0.1, -0.05) is 24.3 Å². The van der Waals surface area contributed by atoms with Gasteiger partial charge in [-0.25, -0.2) is 0 Å². The first-order valence-electron chi connectivity index (χ1n) is 8.63. The summed E-state index contributed by atoms with van der Waals surface area (Å²) in [7, 11) is 4.63. The number of nitrogens with one attached hydrogen (secondary N) is 1. The van der Waals surface area contributed by atoms with Crippen LogP contribution in [-0.4, -0.2) is 27.2 Å². The van der Waals surface area contributed by atoms with Gasteiger partial charge in [-0.15, -0.1) is 0 Å². The van der Waals surface area contributed by atoms with Gasteiger partial charge in [0.25, 0.3) is 0 Å². The molecular formula is C21H23NO5. The van der Waals surface area contributed by atoms with E-state index < -0.39 is 0 Å². The lowest BCUT2D eigenvalue weighted by Crippen LogP contribution is -2.28. The van der Waals surface area contributed by atoms with Crippen LogP contribution in [0.2, 0.25) is 0 Å². The summed E-state index contributed by atoms with van der Waals surface area (Å²) in [5.74, 6) is 2.07. The summed E-state index contributed by atoms with van der Waals surface area (Å²) in [6.07, 6.45) is 0.147. The fraction of sp³-hybridized carbons (Fsp3) is 0.286. The van der Waals surface area contributed by atoms with Crippen LogP contribution in [0.25, 0.3) is 11.0 Å². The van der Waals surface area contributed by atoms with E-state index in [0.29, 0.717) is 28.6 Å². The van der Waals surface area contributed by atoms with Crippen molar-refractivity contribution >= 4 is 16.9 Å². The molecule has 0 bridgehead atoms. The molecule has 0 saturated carbocycles. The van der Waals surface area contributed by atoms with E-state index in [9.17, 15) is 4.79 Å². The average molecular weight is 369 g/mol. The summed E-state index contributed by atoms with van der Waals surface area (Å²) < 4.78 is 21.9. The molecule has 0 radical (unpaired) electrons. The quantitative estimate of drug-likeness (QED) is 0.684. The number of ether oxygens (including phenoxy) is 3. The number of carbonyl (C=O) groups is 1. The van der Waals surface area contributed by atoms with Gasteiger partial charge in [-0.3, -0.25) is 4.79 Å². The SMILES string of the molecule is COc1ccc(CC(=O)N[C@@H](C)c2cc3ccccc3o2)c(OC)c1OC. The van der Waals surface area contributed by atoms with Crippen molar-refractivity contribution in [3.8, 4) is 17.2 Å². The van der Waals surface area contributed by atoms with Crippen molar-refractivity contribution in [1.29, 1.82) is 0 Å². The first-order valence-corrected chi connectivity index (χ1v) is 8.63. The maximum atomic E-state index is 12.6. The minimum Gasteiger partial charge on any atom is -0.493 e. The summed E-state index contributed by atoms with van der Waals surface area (Å²) in [4.78, 5) is 12.6. The predicted molar refractivity (Wildman–Crippen MR) is 103 cm³/mol. The second-order valence-electron chi connectivity index (χ2n) is 6.15. The van der Waals surface area contributed by atoms with Crippen molar-refractivity contribution in [2.24, 2.45) is 0 Å². The number of amides is 1. The van der Waals surface area contributed by atoms with Crippen LogP contribution in [0.1, 0.15) is 24.3 Å². The van der Waals surface area contributed by atoms with Crippen LogP contribution in [0.15, 0.2) is 46.9 Å². The van der Waals surface area contributed by atoms with Gasteiger partial charge in [0.05, 0.1) is 33.8 Å². The molecule has 0 spiro atoms. The molecule has 1 N–H and O–H groups in total. The maximum absolute atomic E-state index is 12.6. The molecule has 1 atom stereocenters. The molecule has 27 heavy (non-hydrogen) atoms. The zero-order valence-corrected chi connectivity index (χ0v) is 15.9.